The van der Waals surface area contributed by atoms with E-state index in [0.717, 1.165) is 0 Å². The Hall–Kier alpha value is -1.38. The molecule has 0 fully saturated rings. The molecule has 3 radical (unpaired) electrons. The van der Waals surface area contributed by atoms with E-state index in [1.807, 2.05) is 0 Å². The number of hydrogen-bond donors (Lipinski definition) is 0. The summed E-state index contributed by atoms with van der Waals surface area (Å²) in [5, 5.41) is 10.0. The minimum absolute atomic E-state index is 0. The fraction of sp³-hybridized carbons (Fsp3) is 0. The van der Waals surface area contributed by atoms with E-state index in [1.54, 1.807) is 18.2 Å². The summed E-state index contributed by atoms with van der Waals surface area (Å²) in [6.07, 6.45) is 0. The number of nitro benzene ring substituents is 1. The second kappa shape index (κ2) is 3.61. The van der Waals surface area contributed by atoms with Crippen LogP contribution in [-0.4, -0.2) is 4.92 Å². The molecule has 0 aliphatic heterocycles. The summed E-state index contributed by atoms with van der Waals surface area (Å²) in [5.41, 5.74) is 0.137. The molecule has 1 aromatic carbocycles. The first-order chi connectivity index (χ1) is 4.30. The van der Waals surface area contributed by atoms with Gasteiger partial charge in [0.15, 0.2) is 0 Å². The van der Waals surface area contributed by atoms with Crippen molar-refractivity contribution < 1.29 is 4.92 Å². The third-order valence-electron chi connectivity index (χ3n) is 0.967. The maximum Gasteiger partial charge on any atom is 0.269 e. The molecule has 0 unspecified atom stereocenters. The SMILES string of the molecule is O=[N+]([O-])c1ccccc1.[CH]. The quantitative estimate of drug-likeness (QED) is 0.436. The van der Waals surface area contributed by atoms with Gasteiger partial charge >= 0.3 is 0 Å². The molecule has 0 atom stereocenters. The Bertz CT molecular complexity index is 208. The lowest BCUT2D eigenvalue weighted by Gasteiger charge is -1.85. The van der Waals surface area contributed by atoms with Crippen molar-refractivity contribution in [3.63, 3.8) is 0 Å². The van der Waals surface area contributed by atoms with Crippen molar-refractivity contribution in [3.05, 3.63) is 47.9 Å². The van der Waals surface area contributed by atoms with Gasteiger partial charge in [-0.15, -0.1) is 0 Å². The molecule has 0 aliphatic carbocycles. The zero-order valence-corrected chi connectivity index (χ0v) is 5.23. The van der Waals surface area contributed by atoms with Crippen LogP contribution in [0, 0.1) is 17.5 Å². The first-order valence-electron chi connectivity index (χ1n) is 2.50. The van der Waals surface area contributed by atoms with Crippen molar-refractivity contribution in [3.8, 4) is 0 Å². The smallest absolute Gasteiger partial charge is 0.258 e. The summed E-state index contributed by atoms with van der Waals surface area (Å²) < 4.78 is 0. The molecule has 51 valence electrons. The highest BCUT2D eigenvalue weighted by Gasteiger charge is 1.98. The number of benzene rings is 1. The van der Waals surface area contributed by atoms with Crippen LogP contribution in [0.15, 0.2) is 30.3 Å². The summed E-state index contributed by atoms with van der Waals surface area (Å²) in [6.45, 7) is 0. The monoisotopic (exact) mass is 136 g/mol. The topological polar surface area (TPSA) is 43.1 Å². The number of hydrogen-bond acceptors (Lipinski definition) is 2. The van der Waals surface area contributed by atoms with Gasteiger partial charge < -0.3 is 0 Å². The lowest BCUT2D eigenvalue weighted by molar-refractivity contribution is -0.384. The molecular formula is C7H6NO2. The van der Waals surface area contributed by atoms with Crippen LogP contribution in [-0.2, 0) is 0 Å². The normalized spacial score (nSPS) is 8.00. The van der Waals surface area contributed by atoms with Gasteiger partial charge in [-0.2, -0.15) is 0 Å². The van der Waals surface area contributed by atoms with Crippen molar-refractivity contribution in [2.75, 3.05) is 0 Å². The first-order valence-corrected chi connectivity index (χ1v) is 2.50. The van der Waals surface area contributed by atoms with E-state index in [4.69, 9.17) is 0 Å². The second-order valence-corrected chi connectivity index (χ2v) is 1.59. The fourth-order valence-electron chi connectivity index (χ4n) is 0.550. The summed E-state index contributed by atoms with van der Waals surface area (Å²) in [7, 11) is 0. The molecule has 1 aromatic rings. The lowest BCUT2D eigenvalue weighted by atomic mass is 10.3. The van der Waals surface area contributed by atoms with Gasteiger partial charge in [-0.05, 0) is 7.43 Å². The standard InChI is InChI=1S/C6H5NO2.CH/c8-7(9)6-4-2-1-3-5-6;/h1-5H;1H. The fourth-order valence-corrected chi connectivity index (χ4v) is 0.550. The van der Waals surface area contributed by atoms with Crippen LogP contribution in [0.25, 0.3) is 0 Å². The van der Waals surface area contributed by atoms with Gasteiger partial charge in [0.2, 0.25) is 0 Å². The second-order valence-electron chi connectivity index (χ2n) is 1.59. The molecule has 3 heteroatoms. The van der Waals surface area contributed by atoms with Gasteiger partial charge in [-0.25, -0.2) is 0 Å². The molecule has 0 amide bonds. The molecular weight excluding hydrogens is 130 g/mol. The Morgan fingerprint density at radius 2 is 1.70 bits per heavy atom. The van der Waals surface area contributed by atoms with Gasteiger partial charge in [-0.3, -0.25) is 10.1 Å². The molecule has 1 rings (SSSR count). The van der Waals surface area contributed by atoms with E-state index in [0.29, 0.717) is 0 Å². The number of nitrogens with zero attached hydrogens (tertiary/aromatic N) is 1. The minimum Gasteiger partial charge on any atom is -0.258 e. The van der Waals surface area contributed by atoms with Crippen molar-refractivity contribution >= 4 is 5.69 Å². The van der Waals surface area contributed by atoms with E-state index in [1.165, 1.54) is 12.1 Å². The molecule has 0 bridgehead atoms. The molecule has 0 saturated heterocycles. The lowest BCUT2D eigenvalue weighted by Crippen LogP contribution is -1.84. The van der Waals surface area contributed by atoms with Crippen LogP contribution in [0.3, 0.4) is 0 Å². The average Bonchev–Trinajstić information content (AvgIpc) is 1.90. The highest BCUT2D eigenvalue weighted by molar-refractivity contribution is 5.27. The summed E-state index contributed by atoms with van der Waals surface area (Å²) in [6, 6.07) is 7.93. The van der Waals surface area contributed by atoms with Crippen molar-refractivity contribution in [1.82, 2.24) is 0 Å². The van der Waals surface area contributed by atoms with Crippen molar-refractivity contribution in [1.29, 1.82) is 0 Å². The number of para-hydroxylation sites is 1. The van der Waals surface area contributed by atoms with Gasteiger partial charge in [0, 0.05) is 12.1 Å². The molecule has 0 saturated carbocycles. The van der Waals surface area contributed by atoms with Crippen molar-refractivity contribution in [2.24, 2.45) is 0 Å². The van der Waals surface area contributed by atoms with E-state index in [-0.39, 0.29) is 13.1 Å². The third kappa shape index (κ3) is 1.85. The third-order valence-corrected chi connectivity index (χ3v) is 0.967. The average molecular weight is 136 g/mol. The van der Waals surface area contributed by atoms with Crippen LogP contribution in [0.4, 0.5) is 5.69 Å². The van der Waals surface area contributed by atoms with Crippen molar-refractivity contribution in [2.45, 2.75) is 0 Å². The summed E-state index contributed by atoms with van der Waals surface area (Å²) >= 11 is 0. The van der Waals surface area contributed by atoms with Gasteiger partial charge in [-0.1, -0.05) is 18.2 Å². The highest BCUT2D eigenvalue weighted by atomic mass is 16.6. The molecule has 0 heterocycles. The van der Waals surface area contributed by atoms with E-state index < -0.39 is 4.92 Å². The van der Waals surface area contributed by atoms with Gasteiger partial charge in [0.25, 0.3) is 5.69 Å². The largest absolute Gasteiger partial charge is 0.269 e. The predicted molar refractivity (Wildman–Crippen MR) is 37.4 cm³/mol. The number of rotatable bonds is 1. The summed E-state index contributed by atoms with van der Waals surface area (Å²) in [4.78, 5) is 9.59. The van der Waals surface area contributed by atoms with Crippen LogP contribution in [0.5, 0.6) is 0 Å². The molecule has 0 spiro atoms. The predicted octanol–water partition coefficient (Wildman–Crippen LogP) is 1.80. The van der Waals surface area contributed by atoms with E-state index in [2.05, 4.69) is 0 Å². The molecule has 10 heavy (non-hydrogen) atoms. The molecule has 0 aromatic heterocycles. The first kappa shape index (κ1) is 8.62. The van der Waals surface area contributed by atoms with Gasteiger partial charge in [0.1, 0.15) is 0 Å². The Morgan fingerprint density at radius 3 is 2.00 bits per heavy atom. The van der Waals surface area contributed by atoms with E-state index >= 15 is 0 Å². The van der Waals surface area contributed by atoms with Gasteiger partial charge in [0.05, 0.1) is 4.92 Å². The minimum atomic E-state index is -0.417. The number of non-ortho nitro benzene ring substituents is 1. The number of nitro groups is 1. The Kier molecular flexibility index (Phi) is 3.11. The maximum atomic E-state index is 10.0. The molecule has 0 aliphatic rings. The van der Waals surface area contributed by atoms with E-state index in [9.17, 15) is 10.1 Å². The van der Waals surface area contributed by atoms with Crippen LogP contribution in [0.2, 0.25) is 0 Å². The molecule has 0 N–H and O–H groups in total. The highest BCUT2D eigenvalue weighted by Crippen LogP contribution is 2.06. The van der Waals surface area contributed by atoms with Crippen LogP contribution < -0.4 is 0 Å². The Morgan fingerprint density at radius 1 is 1.20 bits per heavy atom. The summed E-state index contributed by atoms with van der Waals surface area (Å²) in [5.74, 6) is 0. The zero-order valence-electron chi connectivity index (χ0n) is 5.23. The molecule has 3 nitrogen and oxygen atoms in total. The van der Waals surface area contributed by atoms with Crippen LogP contribution >= 0.6 is 0 Å². The maximum absolute atomic E-state index is 10.0. The Balaban J connectivity index is 0.000000810. The zero-order chi connectivity index (χ0) is 6.69. The Labute approximate surface area is 59.5 Å². The van der Waals surface area contributed by atoms with Crippen LogP contribution in [0.1, 0.15) is 0 Å².